The summed E-state index contributed by atoms with van der Waals surface area (Å²) < 4.78 is 0. The van der Waals surface area contributed by atoms with Gasteiger partial charge in [0.05, 0.1) is 5.56 Å². The number of hydrogen-bond donors (Lipinski definition) is 1. The summed E-state index contributed by atoms with van der Waals surface area (Å²) in [5.41, 5.74) is 1.64. The molecule has 1 heterocycles. The van der Waals surface area contributed by atoms with Crippen molar-refractivity contribution in [3.8, 4) is 0 Å². The fraction of sp³-hybridized carbons (Fsp3) is 0.500. The largest absolute Gasteiger partial charge is 0.478 e. The second kappa shape index (κ2) is 5.32. The zero-order valence-electron chi connectivity index (χ0n) is 10.2. The van der Waals surface area contributed by atoms with Crippen LogP contribution in [0, 0.1) is 0 Å². The van der Waals surface area contributed by atoms with Crippen LogP contribution in [0.5, 0.6) is 0 Å². The van der Waals surface area contributed by atoms with Crippen LogP contribution in [-0.2, 0) is 0 Å². The molecule has 92 valence electrons. The first-order valence-corrected chi connectivity index (χ1v) is 6.26. The first kappa shape index (κ1) is 12.1. The summed E-state index contributed by atoms with van der Waals surface area (Å²) in [4.78, 5) is 13.2. The highest BCUT2D eigenvalue weighted by Crippen LogP contribution is 2.26. The number of rotatable bonds is 3. The lowest BCUT2D eigenvalue weighted by atomic mass is 9.90. The quantitative estimate of drug-likeness (QED) is 0.872. The normalized spacial score (nSPS) is 21.4. The molecule has 0 aromatic heterocycles. The van der Waals surface area contributed by atoms with E-state index in [1.165, 1.54) is 24.9 Å². The molecule has 0 aliphatic carbocycles. The number of piperidine rings is 1. The van der Waals surface area contributed by atoms with Crippen LogP contribution in [0.2, 0.25) is 0 Å². The standard InChI is InChI=1S/C14H19NO2/c1-2-15-9-3-4-13(10-15)11-5-7-12(8-6-11)14(16)17/h5-8,13H,2-4,9-10H2,1H3,(H,16,17). The second-order valence-corrected chi connectivity index (χ2v) is 4.66. The van der Waals surface area contributed by atoms with Crippen LogP contribution in [0.4, 0.5) is 0 Å². The van der Waals surface area contributed by atoms with E-state index in [2.05, 4.69) is 11.8 Å². The van der Waals surface area contributed by atoms with Crippen molar-refractivity contribution in [3.05, 3.63) is 35.4 Å². The molecule has 0 radical (unpaired) electrons. The minimum absolute atomic E-state index is 0.372. The number of aromatic carboxylic acids is 1. The number of nitrogens with zero attached hydrogens (tertiary/aromatic N) is 1. The predicted octanol–water partition coefficient (Wildman–Crippen LogP) is 2.58. The van der Waals surface area contributed by atoms with Gasteiger partial charge in [-0.1, -0.05) is 19.1 Å². The summed E-state index contributed by atoms with van der Waals surface area (Å²) in [6, 6.07) is 7.35. The Balaban J connectivity index is 2.08. The molecule has 1 N–H and O–H groups in total. The number of carbonyl (C=O) groups is 1. The second-order valence-electron chi connectivity index (χ2n) is 4.66. The van der Waals surface area contributed by atoms with E-state index < -0.39 is 5.97 Å². The zero-order chi connectivity index (χ0) is 12.3. The van der Waals surface area contributed by atoms with Gasteiger partial charge in [-0.3, -0.25) is 0 Å². The molecule has 2 rings (SSSR count). The number of likely N-dealkylation sites (N-methyl/N-ethyl adjacent to an activating group) is 1. The fourth-order valence-corrected chi connectivity index (χ4v) is 2.51. The number of hydrogen-bond acceptors (Lipinski definition) is 2. The van der Waals surface area contributed by atoms with Crippen molar-refractivity contribution in [2.45, 2.75) is 25.7 Å². The molecule has 1 aliphatic rings. The van der Waals surface area contributed by atoms with Gasteiger partial charge >= 0.3 is 5.97 Å². The van der Waals surface area contributed by atoms with E-state index in [0.717, 1.165) is 13.1 Å². The molecular formula is C14H19NO2. The van der Waals surface area contributed by atoms with Crippen molar-refractivity contribution in [2.24, 2.45) is 0 Å². The molecule has 0 bridgehead atoms. The van der Waals surface area contributed by atoms with E-state index in [1.807, 2.05) is 12.1 Å². The number of carboxylic acid groups (broad SMARTS) is 1. The van der Waals surface area contributed by atoms with Crippen LogP contribution in [0.3, 0.4) is 0 Å². The van der Waals surface area contributed by atoms with Crippen molar-refractivity contribution in [1.82, 2.24) is 4.90 Å². The Bertz CT molecular complexity index is 386. The van der Waals surface area contributed by atoms with Gasteiger partial charge < -0.3 is 10.0 Å². The van der Waals surface area contributed by atoms with E-state index in [4.69, 9.17) is 5.11 Å². The predicted molar refractivity (Wildman–Crippen MR) is 67.5 cm³/mol. The molecule has 1 atom stereocenters. The maximum atomic E-state index is 10.8. The molecular weight excluding hydrogens is 214 g/mol. The average Bonchev–Trinajstić information content (AvgIpc) is 2.39. The van der Waals surface area contributed by atoms with Crippen LogP contribution in [0.25, 0.3) is 0 Å². The summed E-state index contributed by atoms with van der Waals surface area (Å²) in [5.74, 6) is -0.290. The van der Waals surface area contributed by atoms with Crippen molar-refractivity contribution < 1.29 is 9.90 Å². The lowest BCUT2D eigenvalue weighted by Gasteiger charge is -2.32. The summed E-state index contributed by atoms with van der Waals surface area (Å²) in [5, 5.41) is 8.86. The van der Waals surface area contributed by atoms with E-state index in [-0.39, 0.29) is 0 Å². The minimum Gasteiger partial charge on any atom is -0.478 e. The Kier molecular flexibility index (Phi) is 3.79. The molecule has 1 saturated heterocycles. The Hall–Kier alpha value is -1.35. The lowest BCUT2D eigenvalue weighted by molar-refractivity contribution is 0.0697. The van der Waals surface area contributed by atoms with Gasteiger partial charge in [0.25, 0.3) is 0 Å². The van der Waals surface area contributed by atoms with Gasteiger partial charge in [-0.2, -0.15) is 0 Å². The average molecular weight is 233 g/mol. The van der Waals surface area contributed by atoms with Gasteiger partial charge in [0.15, 0.2) is 0 Å². The number of likely N-dealkylation sites (tertiary alicyclic amines) is 1. The smallest absolute Gasteiger partial charge is 0.335 e. The summed E-state index contributed by atoms with van der Waals surface area (Å²) in [6.45, 7) is 5.59. The first-order chi connectivity index (χ1) is 8.20. The Morgan fingerprint density at radius 2 is 2.12 bits per heavy atom. The van der Waals surface area contributed by atoms with Gasteiger partial charge in [-0.15, -0.1) is 0 Å². The minimum atomic E-state index is -0.852. The highest BCUT2D eigenvalue weighted by Gasteiger charge is 2.20. The molecule has 1 aromatic rings. The van der Waals surface area contributed by atoms with Gasteiger partial charge in [0.2, 0.25) is 0 Å². The lowest BCUT2D eigenvalue weighted by Crippen LogP contribution is -2.34. The Morgan fingerprint density at radius 3 is 2.71 bits per heavy atom. The van der Waals surface area contributed by atoms with Gasteiger partial charge in [0, 0.05) is 6.54 Å². The summed E-state index contributed by atoms with van der Waals surface area (Å²) >= 11 is 0. The van der Waals surface area contributed by atoms with Gasteiger partial charge in [0.1, 0.15) is 0 Å². The highest BCUT2D eigenvalue weighted by atomic mass is 16.4. The van der Waals surface area contributed by atoms with Crippen molar-refractivity contribution in [3.63, 3.8) is 0 Å². The SMILES string of the molecule is CCN1CCCC(c2ccc(C(=O)O)cc2)C1. The van der Waals surface area contributed by atoms with Crippen LogP contribution in [0.15, 0.2) is 24.3 Å². The fourth-order valence-electron chi connectivity index (χ4n) is 2.51. The van der Waals surface area contributed by atoms with Crippen LogP contribution in [0.1, 0.15) is 41.6 Å². The van der Waals surface area contributed by atoms with Crippen LogP contribution in [-0.4, -0.2) is 35.6 Å². The Morgan fingerprint density at radius 1 is 1.41 bits per heavy atom. The third kappa shape index (κ3) is 2.86. The van der Waals surface area contributed by atoms with E-state index >= 15 is 0 Å². The molecule has 3 heteroatoms. The summed E-state index contributed by atoms with van der Waals surface area (Å²) in [6.07, 6.45) is 2.45. The number of carboxylic acids is 1. The van der Waals surface area contributed by atoms with Crippen molar-refractivity contribution >= 4 is 5.97 Å². The first-order valence-electron chi connectivity index (χ1n) is 6.26. The van der Waals surface area contributed by atoms with Gasteiger partial charge in [-0.05, 0) is 49.5 Å². The van der Waals surface area contributed by atoms with Gasteiger partial charge in [-0.25, -0.2) is 4.79 Å². The maximum absolute atomic E-state index is 10.8. The molecule has 1 fully saturated rings. The van der Waals surface area contributed by atoms with Crippen LogP contribution >= 0.6 is 0 Å². The highest BCUT2D eigenvalue weighted by molar-refractivity contribution is 5.87. The topological polar surface area (TPSA) is 40.5 Å². The number of benzene rings is 1. The molecule has 0 amide bonds. The molecule has 3 nitrogen and oxygen atoms in total. The molecule has 1 aromatic carbocycles. The maximum Gasteiger partial charge on any atom is 0.335 e. The molecule has 0 saturated carbocycles. The molecule has 1 unspecified atom stereocenters. The molecule has 0 spiro atoms. The van der Waals surface area contributed by atoms with E-state index in [9.17, 15) is 4.79 Å². The van der Waals surface area contributed by atoms with E-state index in [1.54, 1.807) is 12.1 Å². The van der Waals surface area contributed by atoms with Crippen molar-refractivity contribution in [1.29, 1.82) is 0 Å². The molecule has 17 heavy (non-hydrogen) atoms. The van der Waals surface area contributed by atoms with E-state index in [0.29, 0.717) is 11.5 Å². The third-order valence-corrected chi connectivity index (χ3v) is 3.58. The third-order valence-electron chi connectivity index (χ3n) is 3.58. The monoisotopic (exact) mass is 233 g/mol. The summed E-state index contributed by atoms with van der Waals surface area (Å²) in [7, 11) is 0. The molecule has 1 aliphatic heterocycles. The van der Waals surface area contributed by atoms with Crippen molar-refractivity contribution in [2.75, 3.05) is 19.6 Å². The Labute approximate surface area is 102 Å². The van der Waals surface area contributed by atoms with Crippen LogP contribution < -0.4 is 0 Å². The zero-order valence-corrected chi connectivity index (χ0v) is 10.2.